The summed E-state index contributed by atoms with van der Waals surface area (Å²) in [4.78, 5) is 26.8. The molecule has 1 aromatic carbocycles. The number of anilines is 1. The monoisotopic (exact) mass is 568 g/mol. The fourth-order valence-corrected chi connectivity index (χ4v) is 7.02. The largest absolute Gasteiger partial charge is 0.441 e. The molecule has 0 aliphatic heterocycles. The highest BCUT2D eigenvalue weighted by Gasteiger charge is 2.53. The second-order valence-electron chi connectivity index (χ2n) is 9.10. The first-order valence-electron chi connectivity index (χ1n) is 11.7. The first-order valence-corrected chi connectivity index (χ1v) is 15.2. The minimum atomic E-state index is -3.61. The Labute approximate surface area is 227 Å². The first-order chi connectivity index (χ1) is 18.0. The van der Waals surface area contributed by atoms with Gasteiger partial charge in [-0.05, 0) is 37.5 Å². The fraction of sp³-hybridized carbons (Fsp3) is 0.269. The van der Waals surface area contributed by atoms with Gasteiger partial charge in [0.05, 0.1) is 28.3 Å². The van der Waals surface area contributed by atoms with Gasteiger partial charge in [-0.1, -0.05) is 42.2 Å². The van der Waals surface area contributed by atoms with Crippen LogP contribution in [-0.2, 0) is 32.0 Å². The molecular weight excluding hydrogens is 545 g/mol. The number of aryl methyl sites for hydroxylation is 1. The Morgan fingerprint density at radius 2 is 1.84 bits per heavy atom. The highest BCUT2D eigenvalue weighted by atomic mass is 32.2. The van der Waals surface area contributed by atoms with Crippen molar-refractivity contribution in [1.82, 2.24) is 14.5 Å². The molecule has 1 fully saturated rings. The molecule has 3 aromatic heterocycles. The number of sulfonamides is 1. The average Bonchev–Trinajstić information content (AvgIpc) is 3.29. The van der Waals surface area contributed by atoms with E-state index in [0.717, 1.165) is 31.0 Å². The summed E-state index contributed by atoms with van der Waals surface area (Å²) in [5.74, 6) is 6.16. The van der Waals surface area contributed by atoms with Crippen molar-refractivity contribution in [2.45, 2.75) is 31.3 Å². The number of hydrogen-bond donors (Lipinski definition) is 2. The number of carbonyl (C=O) groups is 2. The lowest BCUT2D eigenvalue weighted by Crippen LogP contribution is -2.37. The minimum absolute atomic E-state index is 0.421. The molecule has 0 saturated heterocycles. The minimum Gasteiger partial charge on any atom is -0.441 e. The number of thiophene rings is 2. The van der Waals surface area contributed by atoms with Gasteiger partial charge in [0.25, 0.3) is 0 Å². The summed E-state index contributed by atoms with van der Waals surface area (Å²) in [5.41, 5.74) is 0.669. The zero-order chi connectivity index (χ0) is 27.1. The molecule has 1 aliphatic rings. The Balaban J connectivity index is 1.29. The van der Waals surface area contributed by atoms with Crippen LogP contribution in [-0.4, -0.2) is 36.5 Å². The molecule has 0 radical (unpaired) electrons. The van der Waals surface area contributed by atoms with Crippen molar-refractivity contribution in [1.29, 1.82) is 0 Å². The number of ether oxygens (including phenoxy) is 1. The lowest BCUT2D eigenvalue weighted by atomic mass is 10.1. The molecule has 0 spiro atoms. The molecule has 2 amide bonds. The van der Waals surface area contributed by atoms with E-state index in [1.165, 1.54) is 27.4 Å². The predicted octanol–water partition coefficient (Wildman–Crippen LogP) is 4.51. The normalized spacial score (nSPS) is 14.8. The van der Waals surface area contributed by atoms with Gasteiger partial charge >= 0.3 is 6.09 Å². The Morgan fingerprint density at radius 1 is 1.13 bits per heavy atom. The number of nitrogens with one attached hydrogen (secondary N) is 2. The molecule has 1 unspecified atom stereocenters. The van der Waals surface area contributed by atoms with Gasteiger partial charge in [-0.2, -0.15) is 5.10 Å². The van der Waals surface area contributed by atoms with Crippen LogP contribution in [0.15, 0.2) is 48.7 Å². The molecule has 0 bridgehead atoms. The van der Waals surface area contributed by atoms with Gasteiger partial charge in [0.2, 0.25) is 15.9 Å². The van der Waals surface area contributed by atoms with E-state index in [-0.39, 0.29) is 0 Å². The molecule has 1 aliphatic carbocycles. The number of amides is 2. The predicted molar refractivity (Wildman–Crippen MR) is 148 cm³/mol. The molecule has 12 heteroatoms. The summed E-state index contributed by atoms with van der Waals surface area (Å²) >= 11 is 2.97. The molecule has 38 heavy (non-hydrogen) atoms. The number of hydrogen-bond acceptors (Lipinski definition) is 8. The second kappa shape index (κ2) is 9.90. The lowest BCUT2D eigenvalue weighted by molar-refractivity contribution is -0.121. The van der Waals surface area contributed by atoms with Crippen LogP contribution in [0.1, 0.15) is 46.8 Å². The van der Waals surface area contributed by atoms with E-state index in [9.17, 15) is 18.0 Å². The van der Waals surface area contributed by atoms with Crippen LogP contribution in [0.3, 0.4) is 0 Å². The Hall–Kier alpha value is -3.66. The fourth-order valence-electron chi connectivity index (χ4n) is 3.99. The maximum atomic E-state index is 12.6. The van der Waals surface area contributed by atoms with E-state index in [1.807, 2.05) is 42.5 Å². The van der Waals surface area contributed by atoms with E-state index in [4.69, 9.17) is 4.74 Å². The number of carbonyl (C=O) groups excluding carboxylic acids is 2. The molecule has 196 valence electrons. The zero-order valence-corrected chi connectivity index (χ0v) is 23.2. The van der Waals surface area contributed by atoms with Crippen LogP contribution in [0.2, 0.25) is 0 Å². The summed E-state index contributed by atoms with van der Waals surface area (Å²) in [6.07, 6.45) is 2.78. The molecule has 1 saturated carbocycles. The van der Waals surface area contributed by atoms with Gasteiger partial charge in [0.1, 0.15) is 11.9 Å². The number of rotatable bonds is 6. The molecule has 2 N–H and O–H groups in total. The van der Waals surface area contributed by atoms with E-state index < -0.39 is 33.5 Å². The Kier molecular flexibility index (Phi) is 6.77. The molecular formula is C26H24N4O5S3. The third-order valence-electron chi connectivity index (χ3n) is 6.17. The first kappa shape index (κ1) is 26.0. The van der Waals surface area contributed by atoms with Crippen molar-refractivity contribution in [2.24, 2.45) is 7.05 Å². The van der Waals surface area contributed by atoms with Gasteiger partial charge in [0.15, 0.2) is 0 Å². The van der Waals surface area contributed by atoms with Crippen LogP contribution < -0.4 is 10.0 Å². The third kappa shape index (κ3) is 5.45. The summed E-state index contributed by atoms with van der Waals surface area (Å²) in [7, 11) is -1.91. The van der Waals surface area contributed by atoms with Crippen LogP contribution in [0.5, 0.6) is 0 Å². The number of benzene rings is 1. The topological polar surface area (TPSA) is 119 Å². The van der Waals surface area contributed by atoms with E-state index in [1.54, 1.807) is 20.2 Å². The Morgan fingerprint density at radius 3 is 2.50 bits per heavy atom. The van der Waals surface area contributed by atoms with E-state index in [0.29, 0.717) is 24.2 Å². The smallest absolute Gasteiger partial charge is 0.413 e. The number of fused-ring (bicyclic) bond motifs is 1. The highest BCUT2D eigenvalue weighted by Crippen LogP contribution is 2.52. The van der Waals surface area contributed by atoms with Gasteiger partial charge in [0, 0.05) is 21.3 Å². The zero-order valence-electron chi connectivity index (χ0n) is 20.8. The quantitative estimate of drug-likeness (QED) is 0.330. The maximum absolute atomic E-state index is 12.6. The summed E-state index contributed by atoms with van der Waals surface area (Å²) in [5, 5.41) is 6.94. The third-order valence-corrected chi connectivity index (χ3v) is 9.14. The summed E-state index contributed by atoms with van der Waals surface area (Å²) in [6.45, 7) is 1.80. The van der Waals surface area contributed by atoms with Crippen molar-refractivity contribution in [3.63, 3.8) is 0 Å². The maximum Gasteiger partial charge on any atom is 0.413 e. The second-order valence-corrected chi connectivity index (χ2v) is 13.0. The molecule has 1 atom stereocenters. The van der Waals surface area contributed by atoms with E-state index in [2.05, 4.69) is 27.0 Å². The van der Waals surface area contributed by atoms with Crippen LogP contribution in [0.25, 0.3) is 9.40 Å². The van der Waals surface area contributed by atoms with Crippen molar-refractivity contribution in [3.8, 4) is 11.8 Å². The number of nitrogens with zero attached hydrogens (tertiary/aromatic N) is 2. The van der Waals surface area contributed by atoms with Crippen LogP contribution >= 0.6 is 22.7 Å². The van der Waals surface area contributed by atoms with Crippen molar-refractivity contribution in [3.05, 3.63) is 69.5 Å². The molecule has 9 nitrogen and oxygen atoms in total. The van der Waals surface area contributed by atoms with Crippen LogP contribution in [0, 0.1) is 11.8 Å². The Bertz CT molecular complexity index is 1670. The van der Waals surface area contributed by atoms with Crippen LogP contribution in [0.4, 0.5) is 10.6 Å². The van der Waals surface area contributed by atoms with Crippen molar-refractivity contribution < 1.29 is 22.7 Å². The molecule has 5 rings (SSSR count). The molecule has 3 heterocycles. The standard InChI is InChI=1S/C26H24N4O5S3/c1-16(17-7-5-4-6-8-17)35-25(32)28-23-18(15-27-30(23)2)9-10-19-13-20-21(36-19)14-22(37-20)26(11-12-26)24(31)29-38(3,33)34/h4-8,13-16H,11-12H2,1-3H3,(H,28,32)(H,29,31). The van der Waals surface area contributed by atoms with Gasteiger partial charge in [-0.3, -0.25) is 19.5 Å². The van der Waals surface area contributed by atoms with Gasteiger partial charge in [-0.15, -0.1) is 22.7 Å². The number of aromatic nitrogens is 2. The molecule has 4 aromatic rings. The SMILES string of the molecule is CC(OC(=O)Nc1c(C#Cc2cc3sc(C4(C(=O)NS(C)(=O)=O)CC4)cc3s2)cnn1C)c1ccccc1. The summed E-state index contributed by atoms with van der Waals surface area (Å²) < 4.78 is 34.1. The average molecular weight is 569 g/mol. The van der Waals surface area contributed by atoms with Gasteiger partial charge < -0.3 is 4.74 Å². The van der Waals surface area contributed by atoms with E-state index >= 15 is 0 Å². The lowest BCUT2D eigenvalue weighted by Gasteiger charge is -2.14. The highest BCUT2D eigenvalue weighted by molar-refractivity contribution is 7.89. The van der Waals surface area contributed by atoms with Crippen molar-refractivity contribution >= 4 is 59.9 Å². The van der Waals surface area contributed by atoms with Gasteiger partial charge in [-0.25, -0.2) is 13.2 Å². The summed E-state index contributed by atoms with van der Waals surface area (Å²) in [6, 6.07) is 13.4. The van der Waals surface area contributed by atoms with Crippen molar-refractivity contribution in [2.75, 3.05) is 11.6 Å².